The third kappa shape index (κ3) is 3.47. The Morgan fingerprint density at radius 2 is 2.11 bits per heavy atom. The number of unbranched alkanes of at least 4 members (excludes halogenated alkanes) is 2. The number of fused-ring (bicyclic) bond motifs is 1. The highest BCUT2D eigenvalue weighted by Gasteiger charge is 2.18. The van der Waals surface area contributed by atoms with Crippen LogP contribution in [0.25, 0.3) is 0 Å². The molecule has 0 bridgehead atoms. The molecule has 1 aromatic carbocycles. The molecule has 0 fully saturated rings. The maximum absolute atomic E-state index is 9.94. The lowest BCUT2D eigenvalue weighted by Crippen LogP contribution is -2.09. The molecule has 0 aliphatic heterocycles. The summed E-state index contributed by atoms with van der Waals surface area (Å²) in [6.45, 7) is 0.930. The molecule has 100 valence electrons. The summed E-state index contributed by atoms with van der Waals surface area (Å²) < 4.78 is 5.67. The van der Waals surface area contributed by atoms with Gasteiger partial charge in [0.2, 0.25) is 0 Å². The molecule has 1 unspecified atom stereocenters. The molecule has 3 nitrogen and oxygen atoms in total. The van der Waals surface area contributed by atoms with Gasteiger partial charge >= 0.3 is 0 Å². The van der Waals surface area contributed by atoms with E-state index < -0.39 is 0 Å². The molecule has 0 radical (unpaired) electrons. The van der Waals surface area contributed by atoms with Crippen LogP contribution in [0.1, 0.15) is 49.3 Å². The van der Waals surface area contributed by atoms with Crippen LogP contribution in [0, 0.1) is 0 Å². The molecule has 1 aliphatic carbocycles. The minimum absolute atomic E-state index is 0.255. The molecule has 0 heterocycles. The van der Waals surface area contributed by atoms with Gasteiger partial charge in [0.05, 0.1) is 12.7 Å². The van der Waals surface area contributed by atoms with E-state index in [1.807, 2.05) is 12.1 Å². The van der Waals surface area contributed by atoms with Crippen LogP contribution < -0.4 is 4.74 Å². The Hall–Kier alpha value is -1.06. The van der Waals surface area contributed by atoms with Crippen LogP contribution in [0.2, 0.25) is 0 Å². The van der Waals surface area contributed by atoms with Crippen LogP contribution in [-0.4, -0.2) is 23.4 Å². The predicted molar refractivity (Wildman–Crippen MR) is 70.8 cm³/mol. The fourth-order valence-corrected chi connectivity index (χ4v) is 2.42. The fourth-order valence-electron chi connectivity index (χ4n) is 2.42. The first kappa shape index (κ1) is 13.4. The summed E-state index contributed by atoms with van der Waals surface area (Å²) in [6, 6.07) is 6.04. The van der Waals surface area contributed by atoms with Gasteiger partial charge < -0.3 is 14.9 Å². The first-order valence-electron chi connectivity index (χ1n) is 6.86. The van der Waals surface area contributed by atoms with Crippen molar-refractivity contribution in [3.05, 3.63) is 29.3 Å². The Morgan fingerprint density at radius 1 is 1.22 bits per heavy atom. The summed E-state index contributed by atoms with van der Waals surface area (Å²) in [5.74, 6) is 0.846. The van der Waals surface area contributed by atoms with Crippen LogP contribution in [0.3, 0.4) is 0 Å². The lowest BCUT2D eigenvalue weighted by Gasteiger charge is -2.22. The summed E-state index contributed by atoms with van der Waals surface area (Å²) in [5, 5.41) is 18.6. The number of rotatable bonds is 6. The quantitative estimate of drug-likeness (QED) is 0.763. The van der Waals surface area contributed by atoms with Gasteiger partial charge in [0.15, 0.2) is 0 Å². The van der Waals surface area contributed by atoms with Crippen molar-refractivity contribution in [2.75, 3.05) is 13.2 Å². The van der Waals surface area contributed by atoms with Gasteiger partial charge in [0.1, 0.15) is 5.75 Å². The first-order chi connectivity index (χ1) is 8.81. The topological polar surface area (TPSA) is 49.7 Å². The van der Waals surface area contributed by atoms with E-state index in [0.29, 0.717) is 6.61 Å². The number of ether oxygens (including phenoxy) is 1. The van der Waals surface area contributed by atoms with Crippen LogP contribution in [0.15, 0.2) is 18.2 Å². The molecule has 1 atom stereocenters. The Bertz CT molecular complexity index is 376. The molecule has 0 saturated heterocycles. The summed E-state index contributed by atoms with van der Waals surface area (Å²) in [5.41, 5.74) is 2.29. The Balaban J connectivity index is 1.88. The molecule has 2 N–H and O–H groups in total. The zero-order chi connectivity index (χ0) is 12.8. The standard InChI is InChI=1S/C15H22O3/c16-9-2-1-3-10-18-13-8-7-12-5-4-6-15(17)14(12)11-13/h7-8,11,15-17H,1-6,9-10H2. The molecule has 0 amide bonds. The maximum Gasteiger partial charge on any atom is 0.119 e. The highest BCUT2D eigenvalue weighted by atomic mass is 16.5. The predicted octanol–water partition coefficient (Wildman–Crippen LogP) is 2.60. The minimum atomic E-state index is -0.327. The van der Waals surface area contributed by atoms with E-state index in [4.69, 9.17) is 9.84 Å². The molecule has 1 aromatic rings. The average Bonchev–Trinajstić information content (AvgIpc) is 2.39. The molecule has 18 heavy (non-hydrogen) atoms. The van der Waals surface area contributed by atoms with Crippen molar-refractivity contribution in [3.63, 3.8) is 0 Å². The normalized spacial score (nSPS) is 18.4. The number of hydrogen-bond donors (Lipinski definition) is 2. The lowest BCUT2D eigenvalue weighted by atomic mass is 9.89. The Kier molecular flexibility index (Phi) is 5.02. The monoisotopic (exact) mass is 250 g/mol. The molecular weight excluding hydrogens is 228 g/mol. The van der Waals surface area contributed by atoms with Crippen LogP contribution in [-0.2, 0) is 6.42 Å². The second-order valence-corrected chi connectivity index (χ2v) is 4.90. The molecule has 1 aliphatic rings. The Labute approximate surface area is 108 Å². The van der Waals surface area contributed by atoms with Gasteiger partial charge in [0.25, 0.3) is 0 Å². The largest absolute Gasteiger partial charge is 0.494 e. The van der Waals surface area contributed by atoms with E-state index in [1.165, 1.54) is 5.56 Å². The van der Waals surface area contributed by atoms with Crippen LogP contribution in [0.4, 0.5) is 0 Å². The van der Waals surface area contributed by atoms with E-state index in [2.05, 4.69) is 6.07 Å². The zero-order valence-electron chi connectivity index (χ0n) is 10.8. The van der Waals surface area contributed by atoms with Gasteiger partial charge in [-0.2, -0.15) is 0 Å². The van der Waals surface area contributed by atoms with Crippen LogP contribution >= 0.6 is 0 Å². The molecule has 0 aromatic heterocycles. The number of aliphatic hydroxyl groups is 2. The third-order valence-electron chi connectivity index (χ3n) is 3.47. The van der Waals surface area contributed by atoms with Gasteiger partial charge in [-0.1, -0.05) is 6.07 Å². The minimum Gasteiger partial charge on any atom is -0.494 e. The molecule has 2 rings (SSSR count). The van der Waals surface area contributed by atoms with E-state index in [0.717, 1.165) is 49.8 Å². The summed E-state index contributed by atoms with van der Waals surface area (Å²) in [7, 11) is 0. The zero-order valence-corrected chi connectivity index (χ0v) is 10.8. The van der Waals surface area contributed by atoms with Gasteiger partial charge in [-0.05, 0) is 61.8 Å². The van der Waals surface area contributed by atoms with Crippen molar-refractivity contribution in [2.24, 2.45) is 0 Å². The van der Waals surface area contributed by atoms with Crippen molar-refractivity contribution in [3.8, 4) is 5.75 Å². The van der Waals surface area contributed by atoms with Crippen molar-refractivity contribution in [1.82, 2.24) is 0 Å². The van der Waals surface area contributed by atoms with E-state index in [1.54, 1.807) is 0 Å². The highest BCUT2D eigenvalue weighted by Crippen LogP contribution is 2.32. The van der Waals surface area contributed by atoms with Crippen molar-refractivity contribution >= 4 is 0 Å². The molecular formula is C15H22O3. The number of hydrogen-bond acceptors (Lipinski definition) is 3. The average molecular weight is 250 g/mol. The van der Waals surface area contributed by atoms with Gasteiger partial charge in [-0.25, -0.2) is 0 Å². The van der Waals surface area contributed by atoms with Crippen molar-refractivity contribution < 1.29 is 14.9 Å². The Morgan fingerprint density at radius 3 is 2.94 bits per heavy atom. The third-order valence-corrected chi connectivity index (χ3v) is 3.47. The molecule has 0 saturated carbocycles. The number of benzene rings is 1. The van der Waals surface area contributed by atoms with Gasteiger partial charge in [-0.3, -0.25) is 0 Å². The van der Waals surface area contributed by atoms with Crippen molar-refractivity contribution in [2.45, 2.75) is 44.6 Å². The fraction of sp³-hybridized carbons (Fsp3) is 0.600. The number of aliphatic hydroxyl groups excluding tert-OH is 2. The second-order valence-electron chi connectivity index (χ2n) is 4.90. The SMILES string of the molecule is OCCCCCOc1ccc2c(c1)C(O)CCC2. The van der Waals surface area contributed by atoms with E-state index >= 15 is 0 Å². The van der Waals surface area contributed by atoms with E-state index in [-0.39, 0.29) is 12.7 Å². The summed E-state index contributed by atoms with van der Waals surface area (Å²) in [4.78, 5) is 0. The molecule has 3 heteroatoms. The van der Waals surface area contributed by atoms with Crippen molar-refractivity contribution in [1.29, 1.82) is 0 Å². The second kappa shape index (κ2) is 6.76. The smallest absolute Gasteiger partial charge is 0.119 e. The summed E-state index contributed by atoms with van der Waals surface area (Å²) in [6.07, 6.45) is 5.44. The maximum atomic E-state index is 9.94. The lowest BCUT2D eigenvalue weighted by molar-refractivity contribution is 0.156. The molecule has 0 spiro atoms. The first-order valence-corrected chi connectivity index (χ1v) is 6.86. The van der Waals surface area contributed by atoms with E-state index in [9.17, 15) is 5.11 Å². The number of aryl methyl sites for hydroxylation is 1. The summed E-state index contributed by atoms with van der Waals surface area (Å²) >= 11 is 0. The van der Waals surface area contributed by atoms with Gasteiger partial charge in [0, 0.05) is 6.61 Å². The van der Waals surface area contributed by atoms with Gasteiger partial charge in [-0.15, -0.1) is 0 Å². The van der Waals surface area contributed by atoms with Crippen LogP contribution in [0.5, 0.6) is 5.75 Å². The highest BCUT2D eigenvalue weighted by molar-refractivity contribution is 5.38.